The number of hydrogen-bond acceptors (Lipinski definition) is 4. The quantitative estimate of drug-likeness (QED) is 0.657. The lowest BCUT2D eigenvalue weighted by atomic mass is 10.2. The maximum Gasteiger partial charge on any atom is 0.321 e. The predicted molar refractivity (Wildman–Crippen MR) is 81.0 cm³/mol. The Hall–Kier alpha value is -2.57. The number of rotatable bonds is 5. The number of anilines is 2. The van der Waals surface area contributed by atoms with Crippen LogP contribution in [0.5, 0.6) is 0 Å². The summed E-state index contributed by atoms with van der Waals surface area (Å²) in [6, 6.07) is 5.84. The molecule has 0 radical (unpaired) electrons. The maximum atomic E-state index is 11.8. The van der Waals surface area contributed by atoms with Gasteiger partial charge in [0.25, 0.3) is 0 Å². The molecule has 4 N–H and O–H groups in total. The average Bonchev–Trinajstić information content (AvgIpc) is 2.38. The van der Waals surface area contributed by atoms with Crippen molar-refractivity contribution in [3.8, 4) is 0 Å². The number of benzene rings is 1. The van der Waals surface area contributed by atoms with Gasteiger partial charge in [-0.3, -0.25) is 14.9 Å². The van der Waals surface area contributed by atoms with Crippen molar-refractivity contribution in [2.75, 3.05) is 17.2 Å². The van der Waals surface area contributed by atoms with Gasteiger partial charge in [-0.25, -0.2) is 4.79 Å². The molecule has 1 aromatic carbocycles. The largest absolute Gasteiger partial charge is 0.374 e. The monoisotopic (exact) mass is 292 g/mol. The van der Waals surface area contributed by atoms with Crippen molar-refractivity contribution in [1.82, 2.24) is 10.6 Å². The zero-order valence-electron chi connectivity index (χ0n) is 12.3. The molecule has 0 saturated carbocycles. The van der Waals surface area contributed by atoms with Gasteiger partial charge in [0.15, 0.2) is 0 Å². The Labute approximate surface area is 123 Å². The summed E-state index contributed by atoms with van der Waals surface area (Å²) >= 11 is 0. The molecule has 0 heterocycles. The van der Waals surface area contributed by atoms with Gasteiger partial charge in [-0.05, 0) is 32.0 Å². The Morgan fingerprint density at radius 3 is 2.48 bits per heavy atom. The summed E-state index contributed by atoms with van der Waals surface area (Å²) in [5, 5.41) is 10.3. The second kappa shape index (κ2) is 7.88. The van der Waals surface area contributed by atoms with E-state index >= 15 is 0 Å². The molecular weight excluding hydrogens is 272 g/mol. The van der Waals surface area contributed by atoms with E-state index in [0.717, 1.165) is 0 Å². The number of carbonyl (C=O) groups excluding carboxylic acids is 3. The minimum atomic E-state index is -0.597. The minimum Gasteiger partial charge on any atom is -0.374 e. The predicted octanol–water partition coefficient (Wildman–Crippen LogP) is 1.29. The fourth-order valence-corrected chi connectivity index (χ4v) is 1.63. The molecule has 0 aliphatic heterocycles. The summed E-state index contributed by atoms with van der Waals surface area (Å²) in [7, 11) is 0. The molecule has 0 aliphatic rings. The Morgan fingerprint density at radius 1 is 1.19 bits per heavy atom. The molecule has 7 nitrogen and oxygen atoms in total. The van der Waals surface area contributed by atoms with Crippen LogP contribution in [0.15, 0.2) is 24.3 Å². The van der Waals surface area contributed by atoms with E-state index in [2.05, 4.69) is 21.3 Å². The number of carbonyl (C=O) groups is 3. The van der Waals surface area contributed by atoms with Crippen molar-refractivity contribution < 1.29 is 14.4 Å². The SMILES string of the molecule is CCNC(=O)NC(=O)C(C)Nc1cccc(NC(C)=O)c1. The molecule has 0 bridgehead atoms. The van der Waals surface area contributed by atoms with Crippen LogP contribution < -0.4 is 21.3 Å². The molecule has 21 heavy (non-hydrogen) atoms. The normalized spacial score (nSPS) is 11.2. The van der Waals surface area contributed by atoms with Crippen LogP contribution in [-0.2, 0) is 9.59 Å². The first kappa shape index (κ1) is 16.5. The highest BCUT2D eigenvalue weighted by Gasteiger charge is 2.15. The molecule has 114 valence electrons. The van der Waals surface area contributed by atoms with Gasteiger partial charge in [-0.1, -0.05) is 6.07 Å². The zero-order valence-corrected chi connectivity index (χ0v) is 12.3. The number of amides is 4. The van der Waals surface area contributed by atoms with Gasteiger partial charge in [0.1, 0.15) is 6.04 Å². The summed E-state index contributed by atoms with van der Waals surface area (Å²) in [6.45, 7) is 5.26. The first-order valence-corrected chi connectivity index (χ1v) is 6.65. The number of imide groups is 1. The van der Waals surface area contributed by atoms with Crippen LogP contribution in [0.3, 0.4) is 0 Å². The van der Waals surface area contributed by atoms with E-state index in [-0.39, 0.29) is 5.91 Å². The molecule has 1 aromatic rings. The first-order valence-electron chi connectivity index (χ1n) is 6.65. The standard InChI is InChI=1S/C14H20N4O3/c1-4-15-14(21)18-13(20)9(2)16-11-6-5-7-12(8-11)17-10(3)19/h5-9,16H,4H2,1-3H3,(H,17,19)(H2,15,18,20,21). The summed E-state index contributed by atoms with van der Waals surface area (Å²) in [6.07, 6.45) is 0. The van der Waals surface area contributed by atoms with Crippen molar-refractivity contribution in [3.05, 3.63) is 24.3 Å². The Bertz CT molecular complexity index is 531. The Balaban J connectivity index is 2.61. The Morgan fingerprint density at radius 2 is 1.86 bits per heavy atom. The molecule has 1 atom stereocenters. The zero-order chi connectivity index (χ0) is 15.8. The molecule has 1 rings (SSSR count). The van der Waals surface area contributed by atoms with Crippen molar-refractivity contribution >= 4 is 29.2 Å². The third-order valence-corrected chi connectivity index (χ3v) is 2.53. The first-order chi connectivity index (χ1) is 9.92. The lowest BCUT2D eigenvalue weighted by Crippen LogP contribution is -2.45. The van der Waals surface area contributed by atoms with E-state index < -0.39 is 18.0 Å². The van der Waals surface area contributed by atoms with E-state index in [4.69, 9.17) is 0 Å². The number of nitrogens with one attached hydrogen (secondary N) is 4. The van der Waals surface area contributed by atoms with Crippen LogP contribution in [-0.4, -0.2) is 30.4 Å². The molecule has 0 fully saturated rings. The highest BCUT2D eigenvalue weighted by Crippen LogP contribution is 2.15. The lowest BCUT2D eigenvalue weighted by molar-refractivity contribution is -0.120. The van der Waals surface area contributed by atoms with E-state index in [1.54, 1.807) is 38.1 Å². The second-order valence-electron chi connectivity index (χ2n) is 4.48. The fourth-order valence-electron chi connectivity index (χ4n) is 1.63. The molecule has 4 amide bonds. The maximum absolute atomic E-state index is 11.8. The van der Waals surface area contributed by atoms with Crippen LogP contribution in [0.4, 0.5) is 16.2 Å². The van der Waals surface area contributed by atoms with Gasteiger partial charge in [-0.15, -0.1) is 0 Å². The Kier molecular flexibility index (Phi) is 6.19. The van der Waals surface area contributed by atoms with Crippen molar-refractivity contribution in [1.29, 1.82) is 0 Å². The van der Waals surface area contributed by atoms with E-state index in [1.807, 2.05) is 0 Å². The van der Waals surface area contributed by atoms with Crippen LogP contribution >= 0.6 is 0 Å². The second-order valence-corrected chi connectivity index (χ2v) is 4.48. The van der Waals surface area contributed by atoms with Gasteiger partial charge in [0.2, 0.25) is 11.8 Å². The van der Waals surface area contributed by atoms with Crippen molar-refractivity contribution in [2.24, 2.45) is 0 Å². The van der Waals surface area contributed by atoms with E-state index in [9.17, 15) is 14.4 Å². The summed E-state index contributed by atoms with van der Waals surface area (Å²) in [5.74, 6) is -0.611. The number of hydrogen-bond donors (Lipinski definition) is 4. The van der Waals surface area contributed by atoms with Crippen molar-refractivity contribution in [3.63, 3.8) is 0 Å². The van der Waals surface area contributed by atoms with Gasteiger partial charge < -0.3 is 16.0 Å². The van der Waals surface area contributed by atoms with Crippen LogP contribution in [0.25, 0.3) is 0 Å². The van der Waals surface area contributed by atoms with Crippen molar-refractivity contribution in [2.45, 2.75) is 26.8 Å². The van der Waals surface area contributed by atoms with Crippen LogP contribution in [0.1, 0.15) is 20.8 Å². The van der Waals surface area contributed by atoms with Gasteiger partial charge >= 0.3 is 6.03 Å². The molecule has 0 aliphatic carbocycles. The molecule has 1 unspecified atom stereocenters. The average molecular weight is 292 g/mol. The van der Waals surface area contributed by atoms with Crippen LogP contribution in [0, 0.1) is 0 Å². The summed E-state index contributed by atoms with van der Waals surface area (Å²) < 4.78 is 0. The molecule has 0 saturated heterocycles. The van der Waals surface area contributed by atoms with Crippen LogP contribution in [0.2, 0.25) is 0 Å². The minimum absolute atomic E-state index is 0.172. The number of urea groups is 1. The highest BCUT2D eigenvalue weighted by atomic mass is 16.2. The smallest absolute Gasteiger partial charge is 0.321 e. The molecule has 0 spiro atoms. The topological polar surface area (TPSA) is 99.3 Å². The fraction of sp³-hybridized carbons (Fsp3) is 0.357. The third kappa shape index (κ3) is 5.94. The summed E-state index contributed by atoms with van der Waals surface area (Å²) in [4.78, 5) is 34.1. The van der Waals surface area contributed by atoms with Gasteiger partial charge in [0.05, 0.1) is 0 Å². The van der Waals surface area contributed by atoms with Gasteiger partial charge in [-0.2, -0.15) is 0 Å². The van der Waals surface area contributed by atoms with E-state index in [0.29, 0.717) is 17.9 Å². The van der Waals surface area contributed by atoms with E-state index in [1.165, 1.54) is 6.92 Å². The van der Waals surface area contributed by atoms with Gasteiger partial charge in [0, 0.05) is 24.8 Å². The molecular formula is C14H20N4O3. The lowest BCUT2D eigenvalue weighted by Gasteiger charge is -2.15. The third-order valence-electron chi connectivity index (χ3n) is 2.53. The highest BCUT2D eigenvalue weighted by molar-refractivity contribution is 5.98. The molecule has 7 heteroatoms. The summed E-state index contributed by atoms with van der Waals surface area (Å²) in [5.41, 5.74) is 1.30. The molecule has 0 aromatic heterocycles.